The fourth-order valence-corrected chi connectivity index (χ4v) is 3.94. The number of aryl methyl sites for hydroxylation is 2. The number of hydrogen-bond acceptors (Lipinski definition) is 6. The number of carbonyl (C=O) groups is 1. The molecule has 0 bridgehead atoms. The van der Waals surface area contributed by atoms with Crippen LogP contribution in [-0.4, -0.2) is 43.8 Å². The van der Waals surface area contributed by atoms with Gasteiger partial charge in [-0.15, -0.1) is 0 Å². The molecule has 0 aliphatic carbocycles. The molecule has 0 saturated carbocycles. The minimum Gasteiger partial charge on any atom is -0.337 e. The topological polar surface area (TPSA) is 106 Å². The summed E-state index contributed by atoms with van der Waals surface area (Å²) in [6.07, 6.45) is 2.14. The largest absolute Gasteiger partial charge is 0.337 e. The van der Waals surface area contributed by atoms with Crippen LogP contribution < -0.4 is 5.73 Å². The molecule has 3 aromatic rings. The highest BCUT2D eigenvalue weighted by atomic mass is 35.5. The van der Waals surface area contributed by atoms with E-state index in [2.05, 4.69) is 15.1 Å². The third-order valence-electron chi connectivity index (χ3n) is 5.63. The second-order valence-corrected chi connectivity index (χ2v) is 8.95. The van der Waals surface area contributed by atoms with Gasteiger partial charge in [0.25, 0.3) is 5.91 Å². The van der Waals surface area contributed by atoms with Crippen LogP contribution in [0.1, 0.15) is 54.5 Å². The van der Waals surface area contributed by atoms with Crippen LogP contribution in [0.25, 0.3) is 17.0 Å². The lowest BCUT2D eigenvalue weighted by Gasteiger charge is -2.23. The highest BCUT2D eigenvalue weighted by Crippen LogP contribution is 2.33. The highest BCUT2D eigenvalue weighted by Gasteiger charge is 2.25. The summed E-state index contributed by atoms with van der Waals surface area (Å²) in [6.45, 7) is 10.4. The van der Waals surface area contributed by atoms with Crippen molar-refractivity contribution in [2.75, 3.05) is 13.1 Å². The van der Waals surface area contributed by atoms with Gasteiger partial charge < -0.3 is 10.6 Å². The predicted molar refractivity (Wildman–Crippen MR) is 127 cm³/mol. The first kappa shape index (κ1) is 23.8. The average Bonchev–Trinajstić information content (AvgIpc) is 3.17. The number of nitrogens with zero attached hydrogens (tertiary/aromatic N) is 5. The molecule has 1 aromatic carbocycles. The fraction of sp³-hybridized carbons (Fsp3) is 0.435. The van der Waals surface area contributed by atoms with Crippen LogP contribution in [0, 0.1) is 18.8 Å². The van der Waals surface area contributed by atoms with Crippen LogP contribution in [0.3, 0.4) is 0 Å². The van der Waals surface area contributed by atoms with E-state index in [0.717, 1.165) is 28.1 Å². The van der Waals surface area contributed by atoms with Crippen molar-refractivity contribution in [1.82, 2.24) is 19.3 Å². The standard InChI is InChI=1S/C23H29ClN6O2/c1-6-29(10-9-23(4,5)28-32)21(31)19-13-30-20(16-8-7-14(2)11-18(16)24)17(12-25)15(3)26-22(30)27-19/h7-8,11,13H,6,9-10,12,25H2,1-5H3. The monoisotopic (exact) mass is 456 g/mol. The van der Waals surface area contributed by atoms with Crippen molar-refractivity contribution in [3.05, 3.63) is 56.8 Å². The Morgan fingerprint density at radius 2 is 2.00 bits per heavy atom. The summed E-state index contributed by atoms with van der Waals surface area (Å²) in [5.41, 5.74) is 9.80. The van der Waals surface area contributed by atoms with Gasteiger partial charge in [0, 0.05) is 42.7 Å². The number of imidazole rings is 1. The number of benzene rings is 1. The molecule has 2 N–H and O–H groups in total. The van der Waals surface area contributed by atoms with Crippen LogP contribution in [-0.2, 0) is 6.54 Å². The van der Waals surface area contributed by atoms with Gasteiger partial charge in [-0.2, -0.15) is 4.91 Å². The minimum absolute atomic E-state index is 0.229. The van der Waals surface area contributed by atoms with Gasteiger partial charge in [0.1, 0.15) is 5.69 Å². The van der Waals surface area contributed by atoms with Crippen LogP contribution in [0.15, 0.2) is 29.6 Å². The van der Waals surface area contributed by atoms with Gasteiger partial charge >= 0.3 is 0 Å². The first-order valence-electron chi connectivity index (χ1n) is 10.6. The molecule has 0 atom stereocenters. The zero-order chi connectivity index (χ0) is 23.6. The Morgan fingerprint density at radius 3 is 2.59 bits per heavy atom. The zero-order valence-electron chi connectivity index (χ0n) is 19.1. The van der Waals surface area contributed by atoms with Crippen LogP contribution in [0.4, 0.5) is 0 Å². The van der Waals surface area contributed by atoms with Crippen LogP contribution in [0.5, 0.6) is 0 Å². The van der Waals surface area contributed by atoms with E-state index in [-0.39, 0.29) is 18.1 Å². The number of halogens is 1. The van der Waals surface area contributed by atoms with Crippen molar-refractivity contribution < 1.29 is 4.79 Å². The van der Waals surface area contributed by atoms with Gasteiger partial charge in [-0.05, 0) is 52.7 Å². The Balaban J connectivity index is 2.10. The smallest absolute Gasteiger partial charge is 0.274 e. The molecule has 0 spiro atoms. The summed E-state index contributed by atoms with van der Waals surface area (Å²) in [4.78, 5) is 34.9. The van der Waals surface area contributed by atoms with E-state index in [1.165, 1.54) is 0 Å². The summed E-state index contributed by atoms with van der Waals surface area (Å²) in [7, 11) is 0. The Bertz CT molecular complexity index is 1170. The van der Waals surface area contributed by atoms with Crippen molar-refractivity contribution in [2.45, 2.75) is 53.1 Å². The molecule has 2 aromatic heterocycles. The van der Waals surface area contributed by atoms with Crippen LogP contribution in [0.2, 0.25) is 5.02 Å². The molecule has 0 fully saturated rings. The molecule has 0 saturated heterocycles. The number of nitroso groups, excluding NO2 is 1. The third-order valence-corrected chi connectivity index (χ3v) is 5.94. The van der Waals surface area contributed by atoms with Crippen molar-refractivity contribution in [3.8, 4) is 11.3 Å². The van der Waals surface area contributed by atoms with E-state index in [0.29, 0.717) is 30.3 Å². The lowest BCUT2D eigenvalue weighted by molar-refractivity contribution is 0.0749. The fourth-order valence-electron chi connectivity index (χ4n) is 3.62. The maximum Gasteiger partial charge on any atom is 0.274 e. The Morgan fingerprint density at radius 1 is 1.28 bits per heavy atom. The van der Waals surface area contributed by atoms with Gasteiger partial charge in [0.15, 0.2) is 0 Å². The number of hydrogen-bond donors (Lipinski definition) is 1. The van der Waals surface area contributed by atoms with E-state index in [9.17, 15) is 9.70 Å². The highest BCUT2D eigenvalue weighted by molar-refractivity contribution is 6.33. The molecule has 0 aliphatic rings. The minimum atomic E-state index is -0.739. The molecule has 3 rings (SSSR count). The van der Waals surface area contributed by atoms with E-state index in [1.807, 2.05) is 39.0 Å². The number of aromatic nitrogens is 3. The van der Waals surface area contributed by atoms with Crippen molar-refractivity contribution in [3.63, 3.8) is 0 Å². The molecular formula is C23H29ClN6O2. The summed E-state index contributed by atoms with van der Waals surface area (Å²) < 4.78 is 1.78. The second-order valence-electron chi connectivity index (χ2n) is 8.55. The average molecular weight is 457 g/mol. The lowest BCUT2D eigenvalue weighted by atomic mass is 10.0. The molecule has 0 radical (unpaired) electrons. The van der Waals surface area contributed by atoms with Gasteiger partial charge in [0.2, 0.25) is 5.78 Å². The Kier molecular flexibility index (Phi) is 6.95. The summed E-state index contributed by atoms with van der Waals surface area (Å²) in [5.74, 6) is 0.174. The van der Waals surface area contributed by atoms with Gasteiger partial charge in [0.05, 0.1) is 16.3 Å². The first-order valence-corrected chi connectivity index (χ1v) is 11.0. The van der Waals surface area contributed by atoms with Gasteiger partial charge in [-0.3, -0.25) is 9.20 Å². The molecule has 2 heterocycles. The number of fused-ring (bicyclic) bond motifs is 1. The first-order chi connectivity index (χ1) is 15.1. The second kappa shape index (κ2) is 9.34. The Hall–Kier alpha value is -2.84. The van der Waals surface area contributed by atoms with Crippen LogP contribution >= 0.6 is 11.6 Å². The van der Waals surface area contributed by atoms with Crippen molar-refractivity contribution >= 4 is 23.3 Å². The summed E-state index contributed by atoms with van der Waals surface area (Å²) in [6, 6.07) is 5.82. The van der Waals surface area contributed by atoms with Gasteiger partial charge in [-0.1, -0.05) is 28.9 Å². The normalized spacial score (nSPS) is 11.7. The molecule has 0 unspecified atom stereocenters. The molecular weight excluding hydrogens is 428 g/mol. The maximum absolute atomic E-state index is 13.2. The predicted octanol–water partition coefficient (Wildman–Crippen LogP) is 4.52. The maximum atomic E-state index is 13.2. The summed E-state index contributed by atoms with van der Waals surface area (Å²) in [5, 5.41) is 3.73. The number of amides is 1. The molecule has 170 valence electrons. The van der Waals surface area contributed by atoms with Crippen molar-refractivity contribution in [2.24, 2.45) is 10.9 Å². The van der Waals surface area contributed by atoms with Gasteiger partial charge in [-0.25, -0.2) is 9.97 Å². The third kappa shape index (κ3) is 4.66. The molecule has 0 aliphatic heterocycles. The Labute approximate surface area is 192 Å². The lowest BCUT2D eigenvalue weighted by Crippen LogP contribution is -2.35. The van der Waals surface area contributed by atoms with E-state index in [4.69, 9.17) is 17.3 Å². The summed E-state index contributed by atoms with van der Waals surface area (Å²) >= 11 is 6.58. The van der Waals surface area contributed by atoms with Crippen molar-refractivity contribution in [1.29, 1.82) is 0 Å². The molecule has 1 amide bonds. The number of carbonyl (C=O) groups excluding carboxylic acids is 1. The SMILES string of the molecule is CCN(CCC(C)(C)N=O)C(=O)c1cn2c(-c3ccc(C)cc3Cl)c(CN)c(C)nc2n1. The number of nitrogens with two attached hydrogens (primary N) is 1. The molecule has 32 heavy (non-hydrogen) atoms. The molecule has 9 heteroatoms. The molecule has 8 nitrogen and oxygen atoms in total. The van der Waals surface area contributed by atoms with E-state index < -0.39 is 5.54 Å². The van der Waals surface area contributed by atoms with E-state index >= 15 is 0 Å². The van der Waals surface area contributed by atoms with E-state index in [1.54, 1.807) is 29.3 Å². The zero-order valence-corrected chi connectivity index (χ0v) is 19.9. The number of rotatable bonds is 8. The quantitative estimate of drug-likeness (QED) is 0.501.